The van der Waals surface area contributed by atoms with Gasteiger partial charge in [0.05, 0.1) is 31.3 Å². The highest BCUT2D eigenvalue weighted by atomic mass is 32.2. The van der Waals surface area contributed by atoms with Crippen molar-refractivity contribution < 1.29 is 14.3 Å². The Morgan fingerprint density at radius 3 is 2.59 bits per heavy atom. The summed E-state index contributed by atoms with van der Waals surface area (Å²) in [7, 11) is 0. The van der Waals surface area contributed by atoms with Crippen LogP contribution in [0.5, 0.6) is 0 Å². The Morgan fingerprint density at radius 1 is 1.21 bits per heavy atom. The van der Waals surface area contributed by atoms with E-state index in [0.29, 0.717) is 35.6 Å². The van der Waals surface area contributed by atoms with Crippen LogP contribution < -0.4 is 4.90 Å². The summed E-state index contributed by atoms with van der Waals surface area (Å²) in [6.07, 6.45) is 0. The van der Waals surface area contributed by atoms with Crippen molar-refractivity contribution >= 4 is 57.2 Å². The number of thiocarbonyl (C=S) groups is 1. The van der Waals surface area contributed by atoms with Gasteiger partial charge >= 0.3 is 0 Å². The molecule has 0 radical (unpaired) electrons. The number of ether oxygens (including phenoxy) is 1. The Hall–Kier alpha value is -2.14. The maximum atomic E-state index is 12.9. The second-order valence-electron chi connectivity index (χ2n) is 6.98. The fraction of sp³-hybridized carbons (Fsp3) is 0.421. The third-order valence-electron chi connectivity index (χ3n) is 4.85. The monoisotopic (exact) mass is 431 g/mol. The number of carbonyl (C=O) groups excluding carboxylic acids is 2. The minimum atomic E-state index is -0.781. The molecule has 4 rings (SSSR count). The maximum Gasteiger partial charge on any atom is 0.295 e. The lowest BCUT2D eigenvalue weighted by Crippen LogP contribution is -2.44. The van der Waals surface area contributed by atoms with E-state index in [1.165, 1.54) is 21.7 Å². The van der Waals surface area contributed by atoms with E-state index in [1.807, 2.05) is 31.2 Å². The molecule has 2 amide bonds. The molecule has 0 bridgehead atoms. The molecule has 2 saturated heterocycles. The quantitative estimate of drug-likeness (QED) is 0.675. The van der Waals surface area contributed by atoms with Crippen molar-refractivity contribution in [3.8, 4) is 0 Å². The Balaban J connectivity index is 1.49. The van der Waals surface area contributed by atoms with E-state index in [-0.39, 0.29) is 17.5 Å². The molecule has 1 atom stereocenters. The van der Waals surface area contributed by atoms with Crippen molar-refractivity contribution in [3.05, 3.63) is 29.8 Å². The van der Waals surface area contributed by atoms with Crippen LogP contribution in [0.15, 0.2) is 34.4 Å². The van der Waals surface area contributed by atoms with Crippen molar-refractivity contribution in [1.82, 2.24) is 9.91 Å². The van der Waals surface area contributed by atoms with Crippen LogP contribution in [0.25, 0.3) is 0 Å². The number of morpholine rings is 1. The van der Waals surface area contributed by atoms with E-state index in [0.717, 1.165) is 18.7 Å². The van der Waals surface area contributed by atoms with Crippen molar-refractivity contribution in [1.29, 1.82) is 0 Å². The van der Waals surface area contributed by atoms with E-state index in [2.05, 4.69) is 15.0 Å². The van der Waals surface area contributed by atoms with Gasteiger partial charge in [-0.1, -0.05) is 41.7 Å². The fourth-order valence-electron chi connectivity index (χ4n) is 3.25. The Morgan fingerprint density at radius 2 is 1.90 bits per heavy atom. The van der Waals surface area contributed by atoms with E-state index < -0.39 is 5.37 Å². The zero-order chi connectivity index (χ0) is 20.5. The summed E-state index contributed by atoms with van der Waals surface area (Å²) >= 11 is 6.57. The zero-order valence-corrected chi connectivity index (χ0v) is 17.8. The molecule has 0 saturated carbocycles. The van der Waals surface area contributed by atoms with Gasteiger partial charge in [-0.25, -0.2) is 5.01 Å². The Kier molecular flexibility index (Phi) is 5.77. The number of carbonyl (C=O) groups is 2. The summed E-state index contributed by atoms with van der Waals surface area (Å²) in [5.74, 6) is -0.536. The number of thioether (sulfide) groups is 1. The summed E-state index contributed by atoms with van der Waals surface area (Å²) in [6, 6.07) is 7.56. The third kappa shape index (κ3) is 4.11. The van der Waals surface area contributed by atoms with Gasteiger partial charge in [-0.2, -0.15) is 5.10 Å². The van der Waals surface area contributed by atoms with E-state index in [9.17, 15) is 9.59 Å². The molecule has 1 unspecified atom stereocenters. The van der Waals surface area contributed by atoms with Crippen molar-refractivity contribution in [2.45, 2.75) is 19.2 Å². The first kappa shape index (κ1) is 20.1. The second-order valence-corrected chi connectivity index (χ2v) is 8.70. The third-order valence-corrected chi connectivity index (χ3v) is 6.24. The SMILES string of the molecule is CC1=NN(CN2CCOCC2)C(=O)/C1=N\C1SC(=S)N(c2ccc(C)cc2)C1=O. The summed E-state index contributed by atoms with van der Waals surface area (Å²) in [5.41, 5.74) is 2.53. The van der Waals surface area contributed by atoms with Crippen LogP contribution in [0.2, 0.25) is 0 Å². The molecule has 2 fully saturated rings. The first-order valence-corrected chi connectivity index (χ1v) is 10.6. The van der Waals surface area contributed by atoms with Crippen LogP contribution in [-0.4, -0.2) is 75.8 Å². The summed E-state index contributed by atoms with van der Waals surface area (Å²) < 4.78 is 5.76. The largest absolute Gasteiger partial charge is 0.379 e. The molecular weight excluding hydrogens is 410 g/mol. The minimum Gasteiger partial charge on any atom is -0.379 e. The number of aryl methyl sites for hydroxylation is 1. The lowest BCUT2D eigenvalue weighted by Gasteiger charge is -2.28. The number of hydrogen-bond acceptors (Lipinski definition) is 8. The Labute approximate surface area is 178 Å². The van der Waals surface area contributed by atoms with Crippen molar-refractivity contribution in [2.75, 3.05) is 37.9 Å². The van der Waals surface area contributed by atoms with Gasteiger partial charge in [0.1, 0.15) is 10.0 Å². The number of amides is 2. The van der Waals surface area contributed by atoms with Crippen LogP contribution in [0.3, 0.4) is 0 Å². The smallest absolute Gasteiger partial charge is 0.295 e. The fourth-order valence-corrected chi connectivity index (χ4v) is 4.58. The topological polar surface area (TPSA) is 77.8 Å². The van der Waals surface area contributed by atoms with Crippen LogP contribution >= 0.6 is 24.0 Å². The molecule has 10 heteroatoms. The first-order chi connectivity index (χ1) is 13.9. The second kappa shape index (κ2) is 8.31. The number of aliphatic imine (C=N–C) groups is 1. The average molecular weight is 432 g/mol. The van der Waals surface area contributed by atoms with Gasteiger partial charge in [-0.3, -0.25) is 24.4 Å². The highest BCUT2D eigenvalue weighted by Crippen LogP contribution is 2.33. The number of rotatable bonds is 4. The zero-order valence-electron chi connectivity index (χ0n) is 16.2. The first-order valence-electron chi connectivity index (χ1n) is 9.30. The highest BCUT2D eigenvalue weighted by Gasteiger charge is 2.40. The average Bonchev–Trinajstić information content (AvgIpc) is 3.13. The lowest BCUT2D eigenvalue weighted by molar-refractivity contribution is -0.126. The number of nitrogens with zero attached hydrogens (tertiary/aromatic N) is 5. The predicted octanol–water partition coefficient (Wildman–Crippen LogP) is 1.63. The summed E-state index contributed by atoms with van der Waals surface area (Å²) in [5, 5.41) is 4.96. The summed E-state index contributed by atoms with van der Waals surface area (Å²) in [6.45, 7) is 6.89. The van der Waals surface area contributed by atoms with Crippen LogP contribution in [-0.2, 0) is 14.3 Å². The molecule has 1 aromatic rings. The molecule has 29 heavy (non-hydrogen) atoms. The molecule has 3 aliphatic heterocycles. The van der Waals surface area contributed by atoms with Crippen LogP contribution in [0, 0.1) is 6.92 Å². The minimum absolute atomic E-state index is 0.220. The van der Waals surface area contributed by atoms with Gasteiger partial charge in [0.25, 0.3) is 11.8 Å². The van der Waals surface area contributed by atoms with E-state index in [1.54, 1.807) is 6.92 Å². The van der Waals surface area contributed by atoms with Gasteiger partial charge in [0.15, 0.2) is 5.37 Å². The van der Waals surface area contributed by atoms with Crippen LogP contribution in [0.4, 0.5) is 5.69 Å². The van der Waals surface area contributed by atoms with E-state index >= 15 is 0 Å². The molecule has 0 spiro atoms. The van der Waals surface area contributed by atoms with Gasteiger partial charge in [-0.15, -0.1) is 0 Å². The van der Waals surface area contributed by atoms with Gasteiger partial charge in [-0.05, 0) is 26.0 Å². The molecule has 3 heterocycles. The molecule has 152 valence electrons. The maximum absolute atomic E-state index is 12.9. The summed E-state index contributed by atoms with van der Waals surface area (Å²) in [4.78, 5) is 33.8. The van der Waals surface area contributed by atoms with E-state index in [4.69, 9.17) is 17.0 Å². The number of hydrazone groups is 1. The van der Waals surface area contributed by atoms with Gasteiger partial charge < -0.3 is 4.74 Å². The van der Waals surface area contributed by atoms with Gasteiger partial charge in [0.2, 0.25) is 0 Å². The molecule has 3 aliphatic rings. The van der Waals surface area contributed by atoms with Gasteiger partial charge in [0, 0.05) is 13.1 Å². The van der Waals surface area contributed by atoms with Crippen molar-refractivity contribution in [3.63, 3.8) is 0 Å². The molecule has 0 aliphatic carbocycles. The normalized spacial score (nSPS) is 24.8. The number of anilines is 1. The molecular formula is C19H21N5O3S2. The Bertz CT molecular complexity index is 909. The van der Waals surface area contributed by atoms with Crippen molar-refractivity contribution in [2.24, 2.45) is 10.1 Å². The highest BCUT2D eigenvalue weighted by molar-refractivity contribution is 8.25. The molecule has 1 aromatic carbocycles. The lowest BCUT2D eigenvalue weighted by atomic mass is 10.2. The standard InChI is InChI=1S/C19H21N5O3S2/c1-12-3-5-14(6-4-12)24-18(26)16(29-19(24)28)20-15-13(2)21-23(17(15)25)11-22-7-9-27-10-8-22/h3-6,16H,7-11H2,1-2H3/b20-15-. The van der Waals surface area contributed by atoms with Crippen LogP contribution in [0.1, 0.15) is 12.5 Å². The predicted molar refractivity (Wildman–Crippen MR) is 117 cm³/mol. The molecule has 0 N–H and O–H groups in total. The number of benzene rings is 1. The molecule has 8 nitrogen and oxygen atoms in total. The number of hydrogen-bond donors (Lipinski definition) is 0. The molecule has 0 aromatic heterocycles.